The number of anilines is 1. The van der Waals surface area contributed by atoms with Gasteiger partial charge in [0.25, 0.3) is 0 Å². The van der Waals surface area contributed by atoms with Crippen molar-refractivity contribution in [2.24, 2.45) is 5.92 Å². The first kappa shape index (κ1) is 17.8. The zero-order valence-electron chi connectivity index (χ0n) is 11.9. The number of nitrogens with two attached hydrogens (primary N) is 1. The van der Waals surface area contributed by atoms with Gasteiger partial charge in [0.2, 0.25) is 5.91 Å². The molecule has 116 valence electrons. The first-order valence-electron chi connectivity index (χ1n) is 6.58. The van der Waals surface area contributed by atoms with Crippen LogP contribution < -0.4 is 15.7 Å². The van der Waals surface area contributed by atoms with E-state index in [1.54, 1.807) is 17.4 Å². The third-order valence-corrected chi connectivity index (χ3v) is 3.37. The Hall–Kier alpha value is -1.30. The van der Waals surface area contributed by atoms with Crippen LogP contribution in [0.1, 0.15) is 20.3 Å². The summed E-state index contributed by atoms with van der Waals surface area (Å²) in [7, 11) is 0. The van der Waals surface area contributed by atoms with Crippen LogP contribution in [0.5, 0.6) is 0 Å². The molecule has 0 saturated carbocycles. The van der Waals surface area contributed by atoms with Crippen molar-refractivity contribution in [2.45, 2.75) is 26.3 Å². The molecule has 0 unspecified atom stereocenters. The predicted octanol–water partition coefficient (Wildman–Crippen LogP) is 0.660. The lowest BCUT2D eigenvalue weighted by atomic mass is 10.1. The van der Waals surface area contributed by atoms with Gasteiger partial charge >= 0.3 is 0 Å². The number of amides is 1. The predicted molar refractivity (Wildman–Crippen MR) is 80.1 cm³/mol. The zero-order chi connectivity index (χ0) is 16.0. The molecule has 1 rings (SSSR count). The highest BCUT2D eigenvalue weighted by atomic mass is 35.5. The van der Waals surface area contributed by atoms with Gasteiger partial charge in [-0.05, 0) is 18.2 Å². The fourth-order valence-corrected chi connectivity index (χ4v) is 2.03. The minimum Gasteiger partial charge on any atom is -0.544 e. The largest absolute Gasteiger partial charge is 0.544 e. The number of nitrogens with one attached hydrogen (secondary N) is 1. The van der Waals surface area contributed by atoms with E-state index in [0.717, 1.165) is 0 Å². The number of hydrogen-bond acceptors (Lipinski definition) is 3. The van der Waals surface area contributed by atoms with Gasteiger partial charge in [-0.15, -0.1) is 0 Å². The molecule has 1 atom stereocenters. The van der Waals surface area contributed by atoms with Crippen LogP contribution in [0.2, 0.25) is 10.0 Å². The summed E-state index contributed by atoms with van der Waals surface area (Å²) in [5.74, 6) is -1.39. The van der Waals surface area contributed by atoms with Gasteiger partial charge in [0.1, 0.15) is 6.04 Å². The van der Waals surface area contributed by atoms with Crippen molar-refractivity contribution in [3.05, 3.63) is 28.2 Å². The van der Waals surface area contributed by atoms with E-state index in [0.29, 0.717) is 28.2 Å². The van der Waals surface area contributed by atoms with Crippen LogP contribution in [0.3, 0.4) is 0 Å². The summed E-state index contributed by atoms with van der Waals surface area (Å²) in [5.41, 5.74) is 0.357. The fourth-order valence-electron chi connectivity index (χ4n) is 1.69. The second-order valence-corrected chi connectivity index (χ2v) is 6.01. The Morgan fingerprint density at radius 3 is 2.57 bits per heavy atom. The molecule has 7 heteroatoms. The lowest BCUT2D eigenvalue weighted by Gasteiger charge is -2.17. The van der Waals surface area contributed by atoms with Gasteiger partial charge in [0.05, 0.1) is 29.6 Å². The van der Waals surface area contributed by atoms with E-state index in [1.165, 1.54) is 6.07 Å². The number of benzene rings is 1. The van der Waals surface area contributed by atoms with Crippen LogP contribution in [0.15, 0.2) is 18.2 Å². The number of carbonyl (C=O) groups is 2. The molecule has 0 bridgehead atoms. The minimum atomic E-state index is -1.26. The monoisotopic (exact) mass is 332 g/mol. The third-order valence-electron chi connectivity index (χ3n) is 2.80. The van der Waals surface area contributed by atoms with E-state index in [9.17, 15) is 14.7 Å². The number of quaternary nitrogens is 1. The summed E-state index contributed by atoms with van der Waals surface area (Å²) in [6, 6.07) is 3.74. The van der Waals surface area contributed by atoms with Crippen LogP contribution >= 0.6 is 23.2 Å². The van der Waals surface area contributed by atoms with Gasteiger partial charge in [-0.25, -0.2) is 0 Å². The number of carboxylic acids is 1. The van der Waals surface area contributed by atoms with E-state index in [-0.39, 0.29) is 6.42 Å². The van der Waals surface area contributed by atoms with Crippen molar-refractivity contribution in [2.75, 3.05) is 11.9 Å². The van der Waals surface area contributed by atoms with Gasteiger partial charge in [0, 0.05) is 10.9 Å². The maximum atomic E-state index is 11.9. The van der Waals surface area contributed by atoms with E-state index in [4.69, 9.17) is 23.2 Å². The Balaban J connectivity index is 2.65. The quantitative estimate of drug-likeness (QED) is 0.769. The van der Waals surface area contributed by atoms with Crippen molar-refractivity contribution in [3.63, 3.8) is 0 Å². The summed E-state index contributed by atoms with van der Waals surface area (Å²) in [6.45, 7) is 4.53. The van der Waals surface area contributed by atoms with E-state index >= 15 is 0 Å². The highest BCUT2D eigenvalue weighted by Crippen LogP contribution is 2.25. The molecule has 0 aliphatic carbocycles. The molecule has 0 fully saturated rings. The maximum Gasteiger partial charge on any atom is 0.230 e. The molecule has 0 aromatic heterocycles. The number of carboxylic acid groups (broad SMARTS) is 1. The van der Waals surface area contributed by atoms with Crippen LogP contribution in [-0.2, 0) is 9.59 Å². The van der Waals surface area contributed by atoms with E-state index in [1.807, 2.05) is 13.8 Å². The van der Waals surface area contributed by atoms with Crippen LogP contribution in [0.25, 0.3) is 0 Å². The highest BCUT2D eigenvalue weighted by Gasteiger charge is 2.19. The molecule has 21 heavy (non-hydrogen) atoms. The summed E-state index contributed by atoms with van der Waals surface area (Å²) in [4.78, 5) is 23.0. The molecule has 0 aliphatic heterocycles. The van der Waals surface area contributed by atoms with Gasteiger partial charge < -0.3 is 20.5 Å². The van der Waals surface area contributed by atoms with Gasteiger partial charge in [-0.1, -0.05) is 37.0 Å². The van der Waals surface area contributed by atoms with Gasteiger partial charge in [-0.3, -0.25) is 4.79 Å². The molecule has 0 spiro atoms. The number of aliphatic carboxylic acids is 1. The van der Waals surface area contributed by atoms with Crippen LogP contribution in [0, 0.1) is 5.92 Å². The molecule has 1 aromatic carbocycles. The Labute approximate surface area is 133 Å². The first-order valence-corrected chi connectivity index (χ1v) is 7.34. The zero-order valence-corrected chi connectivity index (χ0v) is 13.4. The average molecular weight is 333 g/mol. The van der Waals surface area contributed by atoms with Crippen molar-refractivity contribution in [1.29, 1.82) is 0 Å². The maximum absolute atomic E-state index is 11.9. The molecule has 5 nitrogen and oxygen atoms in total. The van der Waals surface area contributed by atoms with E-state index in [2.05, 4.69) is 5.32 Å². The Kier molecular flexibility index (Phi) is 6.95. The second-order valence-electron chi connectivity index (χ2n) is 5.17. The first-order chi connectivity index (χ1) is 9.79. The average Bonchev–Trinajstić information content (AvgIpc) is 2.38. The highest BCUT2D eigenvalue weighted by molar-refractivity contribution is 6.35. The molecule has 0 saturated heterocycles. The summed E-state index contributed by atoms with van der Waals surface area (Å²) >= 11 is 11.8. The summed E-state index contributed by atoms with van der Waals surface area (Å²) < 4.78 is 0. The van der Waals surface area contributed by atoms with Crippen molar-refractivity contribution >= 4 is 40.8 Å². The Morgan fingerprint density at radius 1 is 1.33 bits per heavy atom. The number of halogens is 2. The van der Waals surface area contributed by atoms with Crippen molar-refractivity contribution < 1.29 is 20.0 Å². The smallest absolute Gasteiger partial charge is 0.230 e. The minimum absolute atomic E-state index is 0.197. The van der Waals surface area contributed by atoms with Gasteiger partial charge in [-0.2, -0.15) is 0 Å². The van der Waals surface area contributed by atoms with Crippen molar-refractivity contribution in [3.8, 4) is 0 Å². The lowest BCUT2D eigenvalue weighted by Crippen LogP contribution is -2.94. The fraction of sp³-hybridized carbons (Fsp3) is 0.429. The topological polar surface area (TPSA) is 85.8 Å². The number of rotatable bonds is 7. The molecular weight excluding hydrogens is 315 g/mol. The van der Waals surface area contributed by atoms with Crippen LogP contribution in [-0.4, -0.2) is 24.5 Å². The molecule has 0 heterocycles. The molecule has 0 aliphatic rings. The molecule has 0 radical (unpaired) electrons. The lowest BCUT2D eigenvalue weighted by molar-refractivity contribution is -0.686. The summed E-state index contributed by atoms with van der Waals surface area (Å²) in [5, 5.41) is 16.0. The molecule has 3 N–H and O–H groups in total. The summed E-state index contributed by atoms with van der Waals surface area (Å²) in [6.07, 6.45) is -0.197. The Morgan fingerprint density at radius 2 is 2.00 bits per heavy atom. The standard InChI is InChI=1S/C14H18Cl2N2O3/c1-8(2)7-17-12(14(20)21)6-13(19)18-11-5-9(15)3-4-10(11)16/h3-5,8,12,17H,6-7H2,1-2H3,(H,18,19)(H,20,21)/t12-/m1/s1. The third kappa shape index (κ3) is 6.33. The number of carbonyl (C=O) groups excluding carboxylic acids is 2. The van der Waals surface area contributed by atoms with Gasteiger partial charge in [0.15, 0.2) is 0 Å². The van der Waals surface area contributed by atoms with Crippen LogP contribution in [0.4, 0.5) is 5.69 Å². The molecule has 1 aromatic rings. The Bertz CT molecular complexity index is 521. The van der Waals surface area contributed by atoms with Crippen molar-refractivity contribution in [1.82, 2.24) is 0 Å². The van der Waals surface area contributed by atoms with E-state index < -0.39 is 17.9 Å². The number of hydrogen-bond donors (Lipinski definition) is 2. The SMILES string of the molecule is CC(C)C[NH2+][C@H](CC(=O)Nc1cc(Cl)ccc1Cl)C(=O)[O-]. The molecular formula is C14H18Cl2N2O3. The molecule has 1 amide bonds. The second kappa shape index (κ2) is 8.22. The normalized spacial score (nSPS) is 12.2.